The molecule has 10 heavy (non-hydrogen) atoms. The fourth-order valence-electron chi connectivity index (χ4n) is 2.36. The molecule has 2 saturated carbocycles. The summed E-state index contributed by atoms with van der Waals surface area (Å²) in [7, 11) is 0. The molecule has 0 unspecified atom stereocenters. The molecule has 0 heterocycles. The van der Waals surface area contributed by atoms with Gasteiger partial charge in [-0.1, -0.05) is 0 Å². The molecule has 0 aromatic carbocycles. The minimum Gasteiger partial charge on any atom is -0.303 e. The van der Waals surface area contributed by atoms with E-state index in [9.17, 15) is 9.18 Å². The topological polar surface area (TPSA) is 17.1 Å². The van der Waals surface area contributed by atoms with Gasteiger partial charge in [0.25, 0.3) is 0 Å². The van der Waals surface area contributed by atoms with Crippen LogP contribution in [0, 0.1) is 11.3 Å². The molecule has 1 spiro atoms. The van der Waals surface area contributed by atoms with Crippen molar-refractivity contribution in [3.8, 4) is 0 Å². The largest absolute Gasteiger partial charge is 0.303 e. The summed E-state index contributed by atoms with van der Waals surface area (Å²) >= 11 is 0. The lowest BCUT2D eigenvalue weighted by atomic mass is 9.51. The SMILES string of the molecule is O=CC1CC2(CC(F)C2)C1. The standard InChI is InChI=1S/C8H11FO/c9-7-3-8(4-7)1-6(2-8)5-10/h5-7H,1-4H2. The molecule has 1 nitrogen and oxygen atoms in total. The van der Waals surface area contributed by atoms with Crippen LogP contribution in [0.3, 0.4) is 0 Å². The molecule has 2 rings (SSSR count). The second-order valence-corrected chi connectivity index (χ2v) is 3.81. The van der Waals surface area contributed by atoms with Gasteiger partial charge in [0.2, 0.25) is 0 Å². The summed E-state index contributed by atoms with van der Waals surface area (Å²) in [5, 5.41) is 0. The monoisotopic (exact) mass is 142 g/mol. The zero-order valence-electron chi connectivity index (χ0n) is 5.85. The van der Waals surface area contributed by atoms with Crippen LogP contribution in [0.15, 0.2) is 0 Å². The van der Waals surface area contributed by atoms with Crippen LogP contribution in [0.5, 0.6) is 0 Å². The average molecular weight is 142 g/mol. The first-order valence-electron chi connectivity index (χ1n) is 3.83. The summed E-state index contributed by atoms with van der Waals surface area (Å²) in [6.45, 7) is 0. The van der Waals surface area contributed by atoms with E-state index in [0.29, 0.717) is 0 Å². The van der Waals surface area contributed by atoms with Gasteiger partial charge in [-0.3, -0.25) is 0 Å². The van der Waals surface area contributed by atoms with Crippen molar-refractivity contribution in [2.24, 2.45) is 11.3 Å². The minimum atomic E-state index is -0.562. The van der Waals surface area contributed by atoms with Gasteiger partial charge in [-0.25, -0.2) is 4.39 Å². The molecule has 2 fully saturated rings. The van der Waals surface area contributed by atoms with Crippen molar-refractivity contribution in [2.75, 3.05) is 0 Å². The molecule has 2 heteroatoms. The minimum absolute atomic E-state index is 0.257. The van der Waals surface area contributed by atoms with E-state index in [1.165, 1.54) is 0 Å². The van der Waals surface area contributed by atoms with Crippen LogP contribution in [0.1, 0.15) is 25.7 Å². The quantitative estimate of drug-likeness (QED) is 0.509. The highest BCUT2D eigenvalue weighted by atomic mass is 19.1. The first-order chi connectivity index (χ1) is 4.74. The smallest absolute Gasteiger partial charge is 0.123 e. The second kappa shape index (κ2) is 1.80. The summed E-state index contributed by atoms with van der Waals surface area (Å²) < 4.78 is 12.4. The van der Waals surface area contributed by atoms with Crippen molar-refractivity contribution >= 4 is 6.29 Å². The zero-order valence-corrected chi connectivity index (χ0v) is 5.85. The molecular formula is C8H11FO. The molecule has 0 amide bonds. The van der Waals surface area contributed by atoms with Gasteiger partial charge in [0.15, 0.2) is 0 Å². The van der Waals surface area contributed by atoms with Gasteiger partial charge in [-0.05, 0) is 31.1 Å². The summed E-state index contributed by atoms with van der Waals surface area (Å²) in [6, 6.07) is 0. The number of hydrogen-bond donors (Lipinski definition) is 0. The maximum absolute atomic E-state index is 12.4. The molecule has 0 N–H and O–H groups in total. The van der Waals surface area contributed by atoms with Crippen LogP contribution in [-0.2, 0) is 4.79 Å². The zero-order chi connectivity index (χ0) is 7.19. The first kappa shape index (κ1) is 6.32. The maximum Gasteiger partial charge on any atom is 0.123 e. The summed E-state index contributed by atoms with van der Waals surface area (Å²) in [4.78, 5) is 10.2. The number of aldehydes is 1. The molecule has 56 valence electrons. The van der Waals surface area contributed by atoms with Crippen LogP contribution in [0.2, 0.25) is 0 Å². The lowest BCUT2D eigenvalue weighted by Crippen LogP contribution is -2.48. The van der Waals surface area contributed by atoms with E-state index in [1.54, 1.807) is 0 Å². The number of carbonyl (C=O) groups excluding carboxylic acids is 1. The Morgan fingerprint density at radius 1 is 1.30 bits per heavy atom. The summed E-state index contributed by atoms with van der Waals surface area (Å²) in [5.74, 6) is 0.257. The Morgan fingerprint density at radius 2 is 1.90 bits per heavy atom. The van der Waals surface area contributed by atoms with E-state index < -0.39 is 6.17 Å². The van der Waals surface area contributed by atoms with E-state index >= 15 is 0 Å². The second-order valence-electron chi connectivity index (χ2n) is 3.81. The highest BCUT2D eigenvalue weighted by Crippen LogP contribution is 2.58. The van der Waals surface area contributed by atoms with E-state index in [4.69, 9.17) is 0 Å². The number of carbonyl (C=O) groups is 1. The van der Waals surface area contributed by atoms with Crippen LogP contribution < -0.4 is 0 Å². The van der Waals surface area contributed by atoms with Gasteiger partial charge in [0, 0.05) is 5.92 Å². The lowest BCUT2D eigenvalue weighted by Gasteiger charge is -2.54. The molecule has 0 bridgehead atoms. The van der Waals surface area contributed by atoms with E-state index in [-0.39, 0.29) is 11.3 Å². The third-order valence-corrected chi connectivity index (χ3v) is 2.89. The summed E-state index contributed by atoms with van der Waals surface area (Å²) in [5.41, 5.74) is 0.283. The molecule has 0 aromatic rings. The maximum atomic E-state index is 12.4. The Labute approximate surface area is 59.6 Å². The number of halogens is 1. The molecular weight excluding hydrogens is 131 g/mol. The molecule has 0 aromatic heterocycles. The van der Waals surface area contributed by atoms with Crippen molar-refractivity contribution in [3.63, 3.8) is 0 Å². The van der Waals surface area contributed by atoms with Crippen molar-refractivity contribution in [2.45, 2.75) is 31.9 Å². The Morgan fingerprint density at radius 3 is 2.30 bits per heavy atom. The van der Waals surface area contributed by atoms with Crippen molar-refractivity contribution in [1.29, 1.82) is 0 Å². The van der Waals surface area contributed by atoms with Crippen molar-refractivity contribution < 1.29 is 9.18 Å². The lowest BCUT2D eigenvalue weighted by molar-refractivity contribution is -0.127. The number of rotatable bonds is 1. The highest BCUT2D eigenvalue weighted by Gasteiger charge is 2.52. The van der Waals surface area contributed by atoms with Crippen molar-refractivity contribution in [3.05, 3.63) is 0 Å². The Balaban J connectivity index is 1.85. The molecule has 2 aliphatic rings. The molecule has 0 saturated heterocycles. The van der Waals surface area contributed by atoms with Gasteiger partial charge < -0.3 is 4.79 Å². The van der Waals surface area contributed by atoms with Gasteiger partial charge in [0.1, 0.15) is 12.5 Å². The van der Waals surface area contributed by atoms with Gasteiger partial charge >= 0.3 is 0 Å². The highest BCUT2D eigenvalue weighted by molar-refractivity contribution is 5.56. The predicted molar refractivity (Wildman–Crippen MR) is 35.4 cm³/mol. The van der Waals surface area contributed by atoms with Crippen LogP contribution >= 0.6 is 0 Å². The third-order valence-electron chi connectivity index (χ3n) is 2.89. The molecule has 2 aliphatic carbocycles. The fraction of sp³-hybridized carbons (Fsp3) is 0.875. The van der Waals surface area contributed by atoms with Crippen molar-refractivity contribution in [1.82, 2.24) is 0 Å². The number of hydrogen-bond acceptors (Lipinski definition) is 1. The third kappa shape index (κ3) is 0.710. The van der Waals surface area contributed by atoms with E-state index in [1.807, 2.05) is 0 Å². The van der Waals surface area contributed by atoms with Crippen LogP contribution in [0.4, 0.5) is 4.39 Å². The van der Waals surface area contributed by atoms with Gasteiger partial charge in [-0.2, -0.15) is 0 Å². The van der Waals surface area contributed by atoms with Gasteiger partial charge in [-0.15, -0.1) is 0 Å². The van der Waals surface area contributed by atoms with Crippen LogP contribution in [-0.4, -0.2) is 12.5 Å². The Hall–Kier alpha value is -0.400. The van der Waals surface area contributed by atoms with E-state index in [0.717, 1.165) is 32.0 Å². The number of alkyl halides is 1. The fourth-order valence-corrected chi connectivity index (χ4v) is 2.36. The average Bonchev–Trinajstić information content (AvgIpc) is 1.74. The van der Waals surface area contributed by atoms with Gasteiger partial charge in [0.05, 0.1) is 0 Å². The molecule has 0 radical (unpaired) electrons. The molecule has 0 aliphatic heterocycles. The van der Waals surface area contributed by atoms with Crippen LogP contribution in [0.25, 0.3) is 0 Å². The predicted octanol–water partition coefficient (Wildman–Crippen LogP) is 1.71. The van der Waals surface area contributed by atoms with E-state index in [2.05, 4.69) is 0 Å². The summed E-state index contributed by atoms with van der Waals surface area (Å²) in [6.07, 6.45) is 3.80. The normalized spacial score (nSPS) is 51.7. The Kier molecular flexibility index (Phi) is 1.14. The molecule has 0 atom stereocenters. The Bertz CT molecular complexity index is 153. The first-order valence-corrected chi connectivity index (χ1v) is 3.83.